The Kier molecular flexibility index (Phi) is 2.01. The summed E-state index contributed by atoms with van der Waals surface area (Å²) in [6, 6.07) is 11.1. The zero-order valence-corrected chi connectivity index (χ0v) is 8.92. The van der Waals surface area contributed by atoms with Crippen LogP contribution in [0.3, 0.4) is 0 Å². The van der Waals surface area contributed by atoms with Gasteiger partial charge in [-0.15, -0.1) is 0 Å². The Morgan fingerprint density at radius 2 is 1.94 bits per heavy atom. The fourth-order valence-corrected chi connectivity index (χ4v) is 1.88. The van der Waals surface area contributed by atoms with Gasteiger partial charge in [-0.2, -0.15) is 0 Å². The Bertz CT molecular complexity index is 737. The van der Waals surface area contributed by atoms with E-state index in [0.29, 0.717) is 0 Å². The molecule has 0 fully saturated rings. The van der Waals surface area contributed by atoms with E-state index in [1.54, 1.807) is 12.3 Å². The van der Waals surface area contributed by atoms with Crippen molar-refractivity contribution in [1.29, 1.82) is 0 Å². The first-order valence-corrected chi connectivity index (χ1v) is 5.20. The lowest BCUT2D eigenvalue weighted by Crippen LogP contribution is -2.12. The molecule has 4 heteroatoms. The van der Waals surface area contributed by atoms with Gasteiger partial charge in [-0.3, -0.25) is 9.78 Å². The fourth-order valence-electron chi connectivity index (χ4n) is 1.88. The van der Waals surface area contributed by atoms with Crippen molar-refractivity contribution in [3.8, 4) is 0 Å². The molecule has 0 unspecified atom stereocenters. The molecule has 1 aromatic carbocycles. The predicted octanol–water partition coefficient (Wildman–Crippen LogP) is 1.88. The first-order chi connectivity index (χ1) is 8.25. The van der Waals surface area contributed by atoms with Gasteiger partial charge < -0.3 is 5.73 Å². The molecule has 1 amide bonds. The van der Waals surface area contributed by atoms with Crippen molar-refractivity contribution in [3.05, 3.63) is 48.3 Å². The second-order valence-corrected chi connectivity index (χ2v) is 3.77. The number of hydrogen-bond acceptors (Lipinski definition) is 3. The van der Waals surface area contributed by atoms with Gasteiger partial charge in [-0.05, 0) is 24.3 Å². The molecule has 0 saturated carbocycles. The number of pyridine rings is 2. The zero-order valence-electron chi connectivity index (χ0n) is 8.92. The van der Waals surface area contributed by atoms with Crippen LogP contribution < -0.4 is 5.73 Å². The molecular weight excluding hydrogens is 214 g/mol. The van der Waals surface area contributed by atoms with Gasteiger partial charge in [0.1, 0.15) is 5.69 Å². The van der Waals surface area contributed by atoms with Gasteiger partial charge in [0.25, 0.3) is 5.91 Å². The first-order valence-electron chi connectivity index (χ1n) is 5.20. The van der Waals surface area contributed by atoms with Crippen LogP contribution in [0, 0.1) is 0 Å². The van der Waals surface area contributed by atoms with Gasteiger partial charge in [0, 0.05) is 17.0 Å². The number of fused-ring (bicyclic) bond motifs is 3. The minimum atomic E-state index is -0.521. The quantitative estimate of drug-likeness (QED) is 0.640. The molecule has 17 heavy (non-hydrogen) atoms. The molecule has 0 aliphatic heterocycles. The van der Waals surface area contributed by atoms with Crippen molar-refractivity contribution >= 4 is 27.7 Å². The number of carbonyl (C=O) groups excluding carboxylic acids is 1. The highest BCUT2D eigenvalue weighted by atomic mass is 16.1. The molecule has 0 saturated heterocycles. The molecule has 0 aliphatic carbocycles. The molecule has 0 spiro atoms. The fraction of sp³-hybridized carbons (Fsp3) is 0. The number of carbonyl (C=O) groups is 1. The zero-order chi connectivity index (χ0) is 11.8. The topological polar surface area (TPSA) is 68.9 Å². The van der Waals surface area contributed by atoms with E-state index in [4.69, 9.17) is 5.73 Å². The summed E-state index contributed by atoms with van der Waals surface area (Å²) in [7, 11) is 0. The molecule has 0 aliphatic rings. The molecular formula is C13H9N3O. The summed E-state index contributed by atoms with van der Waals surface area (Å²) in [5, 5.41) is 1.89. The Hall–Kier alpha value is -2.49. The molecule has 0 atom stereocenters. The summed E-state index contributed by atoms with van der Waals surface area (Å²) in [5.74, 6) is -0.521. The lowest BCUT2D eigenvalue weighted by molar-refractivity contribution is 0.0996. The van der Waals surface area contributed by atoms with E-state index in [0.717, 1.165) is 21.8 Å². The minimum absolute atomic E-state index is 0.272. The molecule has 3 aromatic rings. The number of nitrogens with two attached hydrogens (primary N) is 1. The average Bonchev–Trinajstić information content (AvgIpc) is 2.38. The maximum absolute atomic E-state index is 11.1. The highest BCUT2D eigenvalue weighted by Gasteiger charge is 2.06. The molecule has 2 N–H and O–H groups in total. The van der Waals surface area contributed by atoms with Crippen LogP contribution >= 0.6 is 0 Å². The van der Waals surface area contributed by atoms with Crippen molar-refractivity contribution in [2.45, 2.75) is 0 Å². The van der Waals surface area contributed by atoms with Gasteiger partial charge >= 0.3 is 0 Å². The largest absolute Gasteiger partial charge is 0.364 e. The summed E-state index contributed by atoms with van der Waals surface area (Å²) in [5.41, 5.74) is 7.12. The average molecular weight is 223 g/mol. The summed E-state index contributed by atoms with van der Waals surface area (Å²) in [4.78, 5) is 19.7. The van der Waals surface area contributed by atoms with E-state index in [1.807, 2.05) is 30.3 Å². The molecule has 82 valence electrons. The third-order valence-corrected chi connectivity index (χ3v) is 2.69. The molecule has 0 bridgehead atoms. The van der Waals surface area contributed by atoms with Crippen LogP contribution in [0.1, 0.15) is 10.5 Å². The van der Waals surface area contributed by atoms with E-state index in [1.165, 1.54) is 0 Å². The Labute approximate surface area is 97.1 Å². The van der Waals surface area contributed by atoms with Gasteiger partial charge in [0.15, 0.2) is 0 Å². The normalized spacial score (nSPS) is 10.8. The number of primary amides is 1. The van der Waals surface area contributed by atoms with Crippen molar-refractivity contribution < 1.29 is 4.79 Å². The van der Waals surface area contributed by atoms with Gasteiger partial charge in [-0.1, -0.05) is 12.1 Å². The summed E-state index contributed by atoms with van der Waals surface area (Å²) in [6.45, 7) is 0. The van der Waals surface area contributed by atoms with Crippen molar-refractivity contribution in [2.75, 3.05) is 0 Å². The summed E-state index contributed by atoms with van der Waals surface area (Å²) >= 11 is 0. The van der Waals surface area contributed by atoms with Crippen LogP contribution in [-0.4, -0.2) is 15.9 Å². The summed E-state index contributed by atoms with van der Waals surface area (Å²) in [6.07, 6.45) is 1.73. The lowest BCUT2D eigenvalue weighted by Gasteiger charge is -2.03. The van der Waals surface area contributed by atoms with Crippen LogP contribution in [0.15, 0.2) is 42.6 Å². The highest BCUT2D eigenvalue weighted by molar-refractivity contribution is 6.05. The maximum Gasteiger partial charge on any atom is 0.267 e. The summed E-state index contributed by atoms with van der Waals surface area (Å²) < 4.78 is 0. The van der Waals surface area contributed by atoms with Crippen LogP contribution in [0.5, 0.6) is 0 Å². The van der Waals surface area contributed by atoms with Crippen molar-refractivity contribution in [1.82, 2.24) is 9.97 Å². The van der Waals surface area contributed by atoms with Crippen molar-refractivity contribution in [3.63, 3.8) is 0 Å². The number of hydrogen-bond donors (Lipinski definition) is 1. The monoisotopic (exact) mass is 223 g/mol. The lowest BCUT2D eigenvalue weighted by atomic mass is 10.1. The van der Waals surface area contributed by atoms with Crippen LogP contribution in [0.2, 0.25) is 0 Å². The minimum Gasteiger partial charge on any atom is -0.364 e. The van der Waals surface area contributed by atoms with Gasteiger partial charge in [0.05, 0.1) is 11.0 Å². The second kappa shape index (κ2) is 3.52. The second-order valence-electron chi connectivity index (χ2n) is 3.77. The molecule has 4 nitrogen and oxygen atoms in total. The van der Waals surface area contributed by atoms with Crippen molar-refractivity contribution in [2.24, 2.45) is 5.73 Å². The molecule has 0 radical (unpaired) electrons. The SMILES string of the molecule is NC(=O)c1ccc2ccc3ncccc3c2n1. The maximum atomic E-state index is 11.1. The number of benzene rings is 1. The molecule has 2 heterocycles. The smallest absolute Gasteiger partial charge is 0.267 e. The Morgan fingerprint density at radius 3 is 2.76 bits per heavy atom. The molecule has 3 rings (SSSR count). The van der Waals surface area contributed by atoms with Gasteiger partial charge in [0.2, 0.25) is 0 Å². The Balaban J connectivity index is 2.46. The number of aromatic nitrogens is 2. The van der Waals surface area contributed by atoms with E-state index in [2.05, 4.69) is 9.97 Å². The number of amides is 1. The molecule has 2 aromatic heterocycles. The number of nitrogens with zero attached hydrogens (tertiary/aromatic N) is 2. The highest BCUT2D eigenvalue weighted by Crippen LogP contribution is 2.22. The predicted molar refractivity (Wildman–Crippen MR) is 65.6 cm³/mol. The van der Waals surface area contributed by atoms with Crippen LogP contribution in [0.25, 0.3) is 21.8 Å². The Morgan fingerprint density at radius 1 is 1.12 bits per heavy atom. The van der Waals surface area contributed by atoms with E-state index < -0.39 is 5.91 Å². The van der Waals surface area contributed by atoms with Crippen LogP contribution in [-0.2, 0) is 0 Å². The first kappa shape index (κ1) is 9.72. The van der Waals surface area contributed by atoms with Gasteiger partial charge in [-0.25, -0.2) is 4.98 Å². The third kappa shape index (κ3) is 1.50. The third-order valence-electron chi connectivity index (χ3n) is 2.69. The standard InChI is InChI=1S/C13H9N3O/c14-13(17)11-6-4-8-3-5-10-9(12(8)16-11)2-1-7-15-10/h1-7H,(H2,14,17). The van der Waals surface area contributed by atoms with E-state index in [9.17, 15) is 4.79 Å². The number of rotatable bonds is 1. The van der Waals surface area contributed by atoms with Crippen LogP contribution in [0.4, 0.5) is 0 Å². The van der Waals surface area contributed by atoms with E-state index >= 15 is 0 Å². The van der Waals surface area contributed by atoms with E-state index in [-0.39, 0.29) is 5.69 Å².